The lowest BCUT2D eigenvalue weighted by atomic mass is 10.0. The molecule has 0 spiro atoms. The van der Waals surface area contributed by atoms with Crippen molar-refractivity contribution in [3.05, 3.63) is 30.1 Å². The van der Waals surface area contributed by atoms with Gasteiger partial charge in [-0.3, -0.25) is 4.90 Å². The van der Waals surface area contributed by atoms with Crippen LogP contribution in [0.15, 0.2) is 24.3 Å². The topological polar surface area (TPSA) is 60.9 Å². The fourth-order valence-corrected chi connectivity index (χ4v) is 2.77. The van der Waals surface area contributed by atoms with Gasteiger partial charge >= 0.3 is 12.0 Å². The minimum Gasteiger partial charge on any atom is -0.480 e. The molecule has 114 valence electrons. The van der Waals surface area contributed by atoms with Crippen LogP contribution in [0, 0.1) is 11.7 Å². The lowest BCUT2D eigenvalue weighted by Crippen LogP contribution is -2.49. The van der Waals surface area contributed by atoms with Crippen molar-refractivity contribution in [2.24, 2.45) is 5.92 Å². The second-order valence-corrected chi connectivity index (χ2v) is 5.25. The van der Waals surface area contributed by atoms with Crippen LogP contribution < -0.4 is 4.90 Å². The number of carboxylic acid groups (broad SMARTS) is 1. The van der Waals surface area contributed by atoms with Crippen molar-refractivity contribution in [1.29, 1.82) is 0 Å². The van der Waals surface area contributed by atoms with E-state index in [2.05, 4.69) is 0 Å². The van der Waals surface area contributed by atoms with E-state index in [1.165, 1.54) is 28.0 Å². The minimum atomic E-state index is -0.997. The second kappa shape index (κ2) is 6.11. The van der Waals surface area contributed by atoms with Gasteiger partial charge in [-0.05, 0) is 37.5 Å². The number of rotatable bonds is 3. The first kappa shape index (κ1) is 15.3. The summed E-state index contributed by atoms with van der Waals surface area (Å²) in [6.07, 6.45) is 0.656. The van der Waals surface area contributed by atoms with E-state index in [0.29, 0.717) is 25.2 Å². The van der Waals surface area contributed by atoms with Gasteiger partial charge in [0.1, 0.15) is 11.9 Å². The Hall–Kier alpha value is -2.11. The normalized spacial score (nSPS) is 21.4. The SMILES string of the molecule is CCN(C(=O)N1CCC(C)C1C(=O)O)c1cccc(F)c1. The number of anilines is 1. The summed E-state index contributed by atoms with van der Waals surface area (Å²) in [5.41, 5.74) is 0.436. The monoisotopic (exact) mass is 294 g/mol. The number of halogens is 1. The molecule has 21 heavy (non-hydrogen) atoms. The van der Waals surface area contributed by atoms with Gasteiger partial charge in [0.2, 0.25) is 0 Å². The van der Waals surface area contributed by atoms with Gasteiger partial charge in [0.05, 0.1) is 0 Å². The Morgan fingerprint density at radius 1 is 1.48 bits per heavy atom. The van der Waals surface area contributed by atoms with Crippen molar-refractivity contribution in [1.82, 2.24) is 4.90 Å². The van der Waals surface area contributed by atoms with E-state index in [9.17, 15) is 19.1 Å². The largest absolute Gasteiger partial charge is 0.480 e. The van der Waals surface area contributed by atoms with Crippen LogP contribution in [-0.2, 0) is 4.79 Å². The highest BCUT2D eigenvalue weighted by Crippen LogP contribution is 2.27. The van der Waals surface area contributed by atoms with Crippen LogP contribution in [0.5, 0.6) is 0 Å². The summed E-state index contributed by atoms with van der Waals surface area (Å²) in [5, 5.41) is 9.30. The Labute approximate surface area is 123 Å². The number of benzene rings is 1. The van der Waals surface area contributed by atoms with E-state index in [1.807, 2.05) is 6.92 Å². The summed E-state index contributed by atoms with van der Waals surface area (Å²) in [4.78, 5) is 26.7. The van der Waals surface area contributed by atoms with Crippen molar-refractivity contribution in [2.75, 3.05) is 18.0 Å². The van der Waals surface area contributed by atoms with Crippen LogP contribution in [0.1, 0.15) is 20.3 Å². The maximum absolute atomic E-state index is 13.3. The highest BCUT2D eigenvalue weighted by atomic mass is 19.1. The number of hydrogen-bond acceptors (Lipinski definition) is 2. The predicted molar refractivity (Wildman–Crippen MR) is 76.7 cm³/mol. The number of likely N-dealkylation sites (tertiary alicyclic amines) is 1. The van der Waals surface area contributed by atoms with Gasteiger partial charge in [0.15, 0.2) is 0 Å². The molecule has 1 aromatic rings. The van der Waals surface area contributed by atoms with E-state index in [-0.39, 0.29) is 11.9 Å². The summed E-state index contributed by atoms with van der Waals surface area (Å²) in [6, 6.07) is 4.54. The average molecular weight is 294 g/mol. The summed E-state index contributed by atoms with van der Waals surface area (Å²) in [5.74, 6) is -1.51. The lowest BCUT2D eigenvalue weighted by molar-refractivity contribution is -0.142. The lowest BCUT2D eigenvalue weighted by Gasteiger charge is -2.30. The third-order valence-corrected chi connectivity index (χ3v) is 3.87. The molecule has 5 nitrogen and oxygen atoms in total. The summed E-state index contributed by atoms with van der Waals surface area (Å²) in [6.45, 7) is 4.35. The van der Waals surface area contributed by atoms with Crippen molar-refractivity contribution in [2.45, 2.75) is 26.3 Å². The molecule has 2 atom stereocenters. The molecular weight excluding hydrogens is 275 g/mol. The Balaban J connectivity index is 2.26. The van der Waals surface area contributed by atoms with Crippen molar-refractivity contribution in [3.8, 4) is 0 Å². The number of carbonyl (C=O) groups excluding carboxylic acids is 1. The predicted octanol–water partition coefficient (Wildman–Crippen LogP) is 2.57. The zero-order chi connectivity index (χ0) is 15.6. The Kier molecular flexibility index (Phi) is 4.45. The Morgan fingerprint density at radius 2 is 2.19 bits per heavy atom. The highest BCUT2D eigenvalue weighted by molar-refractivity contribution is 5.94. The summed E-state index contributed by atoms with van der Waals surface area (Å²) < 4.78 is 13.3. The summed E-state index contributed by atoms with van der Waals surface area (Å²) in [7, 11) is 0. The molecule has 0 aromatic heterocycles. The molecule has 1 aromatic carbocycles. The molecule has 0 bridgehead atoms. The van der Waals surface area contributed by atoms with E-state index in [4.69, 9.17) is 0 Å². The van der Waals surface area contributed by atoms with E-state index >= 15 is 0 Å². The second-order valence-electron chi connectivity index (χ2n) is 5.25. The molecule has 1 aliphatic heterocycles. The van der Waals surface area contributed by atoms with Crippen molar-refractivity contribution in [3.63, 3.8) is 0 Å². The molecule has 1 fully saturated rings. The van der Waals surface area contributed by atoms with E-state index < -0.39 is 17.8 Å². The first-order valence-electron chi connectivity index (χ1n) is 7.02. The fourth-order valence-electron chi connectivity index (χ4n) is 2.77. The molecule has 0 aliphatic carbocycles. The zero-order valence-corrected chi connectivity index (χ0v) is 12.1. The van der Waals surface area contributed by atoms with Gasteiger partial charge in [-0.25, -0.2) is 14.0 Å². The van der Waals surface area contributed by atoms with Crippen LogP contribution in [0.2, 0.25) is 0 Å². The van der Waals surface area contributed by atoms with Crippen molar-refractivity contribution >= 4 is 17.7 Å². The number of amides is 2. The molecule has 1 N–H and O–H groups in total. The zero-order valence-electron chi connectivity index (χ0n) is 12.1. The highest BCUT2D eigenvalue weighted by Gasteiger charge is 2.41. The summed E-state index contributed by atoms with van der Waals surface area (Å²) >= 11 is 0. The molecule has 1 heterocycles. The molecule has 2 amide bonds. The molecule has 2 unspecified atom stereocenters. The molecular formula is C15H19FN2O3. The van der Waals surface area contributed by atoms with Gasteiger partial charge in [-0.2, -0.15) is 0 Å². The van der Waals surface area contributed by atoms with Gasteiger partial charge in [0.25, 0.3) is 0 Å². The van der Waals surface area contributed by atoms with Gasteiger partial charge in [-0.1, -0.05) is 13.0 Å². The van der Waals surface area contributed by atoms with Crippen molar-refractivity contribution < 1.29 is 19.1 Å². The van der Waals surface area contributed by atoms with Crippen LogP contribution >= 0.6 is 0 Å². The first-order chi connectivity index (χ1) is 9.95. The van der Waals surface area contributed by atoms with Gasteiger partial charge in [0, 0.05) is 18.8 Å². The smallest absolute Gasteiger partial charge is 0.326 e. The molecule has 1 saturated heterocycles. The Bertz CT molecular complexity index is 549. The molecule has 1 aliphatic rings. The standard InChI is InChI=1S/C15H19FN2O3/c1-3-17(12-6-4-5-11(16)9-12)15(21)18-8-7-10(2)13(18)14(19)20/h4-6,9-10,13H,3,7-8H2,1-2H3,(H,19,20). The third-order valence-electron chi connectivity index (χ3n) is 3.87. The number of urea groups is 1. The van der Waals surface area contributed by atoms with Crippen LogP contribution in [0.3, 0.4) is 0 Å². The number of hydrogen-bond donors (Lipinski definition) is 1. The average Bonchev–Trinajstić information content (AvgIpc) is 2.81. The van der Waals surface area contributed by atoms with Gasteiger partial charge < -0.3 is 10.0 Å². The van der Waals surface area contributed by atoms with Crippen LogP contribution in [0.4, 0.5) is 14.9 Å². The van der Waals surface area contributed by atoms with Crippen LogP contribution in [0.25, 0.3) is 0 Å². The number of aliphatic carboxylic acids is 1. The quantitative estimate of drug-likeness (QED) is 0.932. The number of nitrogens with zero attached hydrogens (tertiary/aromatic N) is 2. The maximum atomic E-state index is 13.3. The third kappa shape index (κ3) is 2.99. The molecule has 0 radical (unpaired) electrons. The Morgan fingerprint density at radius 3 is 2.76 bits per heavy atom. The minimum absolute atomic E-state index is 0.0855. The van der Waals surface area contributed by atoms with Crippen LogP contribution in [-0.4, -0.2) is 41.1 Å². The maximum Gasteiger partial charge on any atom is 0.326 e. The molecule has 6 heteroatoms. The van der Waals surface area contributed by atoms with Gasteiger partial charge in [-0.15, -0.1) is 0 Å². The van der Waals surface area contributed by atoms with E-state index in [0.717, 1.165) is 0 Å². The molecule has 2 rings (SSSR count). The number of carboxylic acids is 1. The number of carbonyl (C=O) groups is 2. The fraction of sp³-hybridized carbons (Fsp3) is 0.467. The van der Waals surface area contributed by atoms with E-state index in [1.54, 1.807) is 13.0 Å². The first-order valence-corrected chi connectivity index (χ1v) is 7.02. The molecule has 0 saturated carbocycles.